The Balaban J connectivity index is 1.41. The third-order valence-corrected chi connectivity index (χ3v) is 5.15. The molecular weight excluding hydrogens is 397 g/mol. The maximum atomic E-state index is 13.8. The Morgan fingerprint density at radius 2 is 2.00 bits per heavy atom. The molecule has 3 heterocycles. The molecule has 0 fully saturated rings. The summed E-state index contributed by atoms with van der Waals surface area (Å²) in [6.07, 6.45) is -0.148. The highest BCUT2D eigenvalue weighted by Gasteiger charge is 2.27. The van der Waals surface area contributed by atoms with Crippen molar-refractivity contribution in [3.8, 4) is 23.0 Å². The van der Waals surface area contributed by atoms with Gasteiger partial charge in [0.15, 0.2) is 5.69 Å². The first kappa shape index (κ1) is 18.0. The molecule has 7 nitrogen and oxygen atoms in total. The maximum absolute atomic E-state index is 13.8. The smallest absolute Gasteiger partial charge is 0.258 e. The Hall–Kier alpha value is -3.10. The van der Waals surface area contributed by atoms with E-state index < -0.39 is 0 Å². The molecule has 2 aromatic heterocycles. The summed E-state index contributed by atoms with van der Waals surface area (Å²) >= 11 is 5.95. The number of rotatable bonds is 3. The SMILES string of the molecule is Cc1ccc(-c2nc(-c3nnn4c3CO[C@@H](c3ccc(Cl)cc3)C4)no2)cc1F. The fourth-order valence-electron chi connectivity index (χ4n) is 3.23. The molecule has 146 valence electrons. The van der Waals surface area contributed by atoms with E-state index in [0.29, 0.717) is 35.0 Å². The van der Waals surface area contributed by atoms with Crippen molar-refractivity contribution in [2.75, 3.05) is 0 Å². The molecule has 1 aliphatic rings. The fraction of sp³-hybridized carbons (Fsp3) is 0.200. The molecule has 0 saturated carbocycles. The van der Waals surface area contributed by atoms with Gasteiger partial charge in [0.05, 0.1) is 18.8 Å². The summed E-state index contributed by atoms with van der Waals surface area (Å²) in [5.74, 6) is 0.178. The molecule has 2 aromatic carbocycles. The minimum absolute atomic E-state index is 0.148. The zero-order valence-electron chi connectivity index (χ0n) is 15.3. The molecule has 1 aliphatic heterocycles. The van der Waals surface area contributed by atoms with Crippen molar-refractivity contribution >= 4 is 11.6 Å². The Morgan fingerprint density at radius 1 is 1.17 bits per heavy atom. The van der Waals surface area contributed by atoms with E-state index in [1.165, 1.54) is 6.07 Å². The van der Waals surface area contributed by atoms with E-state index in [2.05, 4.69) is 20.5 Å². The highest BCUT2D eigenvalue weighted by molar-refractivity contribution is 6.30. The van der Waals surface area contributed by atoms with Gasteiger partial charge in [0.25, 0.3) is 5.89 Å². The van der Waals surface area contributed by atoms with Crippen LogP contribution in [0.5, 0.6) is 0 Å². The van der Waals surface area contributed by atoms with E-state index in [0.717, 1.165) is 11.3 Å². The van der Waals surface area contributed by atoms with Gasteiger partial charge in [0, 0.05) is 10.6 Å². The number of ether oxygens (including phenoxy) is 1. The number of hydrogen-bond acceptors (Lipinski definition) is 6. The largest absolute Gasteiger partial charge is 0.365 e. The number of aromatic nitrogens is 5. The van der Waals surface area contributed by atoms with Gasteiger partial charge in [-0.25, -0.2) is 9.07 Å². The average molecular weight is 412 g/mol. The lowest BCUT2D eigenvalue weighted by molar-refractivity contribution is -0.00111. The summed E-state index contributed by atoms with van der Waals surface area (Å²) in [6, 6.07) is 12.3. The molecule has 5 rings (SSSR count). The fourth-order valence-corrected chi connectivity index (χ4v) is 3.35. The summed E-state index contributed by atoms with van der Waals surface area (Å²) in [6.45, 7) is 2.51. The molecule has 0 bridgehead atoms. The van der Waals surface area contributed by atoms with Gasteiger partial charge in [-0.15, -0.1) is 5.10 Å². The van der Waals surface area contributed by atoms with Gasteiger partial charge in [-0.05, 0) is 42.3 Å². The van der Waals surface area contributed by atoms with Crippen molar-refractivity contribution in [2.45, 2.75) is 26.2 Å². The van der Waals surface area contributed by atoms with Crippen LogP contribution < -0.4 is 0 Å². The Labute approximate surface area is 170 Å². The Kier molecular flexibility index (Phi) is 4.37. The zero-order chi connectivity index (χ0) is 20.0. The molecule has 29 heavy (non-hydrogen) atoms. The minimum atomic E-state index is -0.329. The number of fused-ring (bicyclic) bond motifs is 1. The summed E-state index contributed by atoms with van der Waals surface area (Å²) in [7, 11) is 0. The van der Waals surface area contributed by atoms with E-state index in [1.807, 2.05) is 24.3 Å². The first-order chi connectivity index (χ1) is 14.1. The van der Waals surface area contributed by atoms with Crippen LogP contribution >= 0.6 is 11.6 Å². The second kappa shape index (κ2) is 7.06. The first-order valence-electron chi connectivity index (χ1n) is 8.98. The second-order valence-corrected chi connectivity index (χ2v) is 7.24. The summed E-state index contributed by atoms with van der Waals surface area (Å²) in [5, 5.41) is 13.1. The normalized spacial score (nSPS) is 16.0. The summed E-state index contributed by atoms with van der Waals surface area (Å²) < 4.78 is 26.9. The van der Waals surface area contributed by atoms with Crippen LogP contribution in [0.3, 0.4) is 0 Å². The molecule has 0 aliphatic carbocycles. The van der Waals surface area contributed by atoms with Crippen LogP contribution in [0.2, 0.25) is 5.02 Å². The topological polar surface area (TPSA) is 78.9 Å². The summed E-state index contributed by atoms with van der Waals surface area (Å²) in [5.41, 5.74) is 3.32. The molecule has 0 saturated heterocycles. The number of benzene rings is 2. The predicted octanol–water partition coefficient (Wildman–Crippen LogP) is 4.37. The van der Waals surface area contributed by atoms with Gasteiger partial charge in [0.2, 0.25) is 5.82 Å². The molecule has 0 N–H and O–H groups in total. The van der Waals surface area contributed by atoms with E-state index in [4.69, 9.17) is 20.9 Å². The van der Waals surface area contributed by atoms with Gasteiger partial charge in [-0.1, -0.05) is 40.2 Å². The number of aryl methyl sites for hydroxylation is 1. The van der Waals surface area contributed by atoms with Crippen molar-refractivity contribution in [1.29, 1.82) is 0 Å². The van der Waals surface area contributed by atoms with Crippen LogP contribution in [0.4, 0.5) is 4.39 Å². The van der Waals surface area contributed by atoms with E-state index in [-0.39, 0.29) is 23.6 Å². The average Bonchev–Trinajstić information content (AvgIpc) is 3.37. The monoisotopic (exact) mass is 411 g/mol. The number of nitrogens with zero attached hydrogens (tertiary/aromatic N) is 5. The van der Waals surface area contributed by atoms with Crippen LogP contribution in [0, 0.1) is 12.7 Å². The van der Waals surface area contributed by atoms with Crippen LogP contribution in [-0.2, 0) is 17.9 Å². The van der Waals surface area contributed by atoms with Crippen molar-refractivity contribution in [3.63, 3.8) is 0 Å². The lowest BCUT2D eigenvalue weighted by Gasteiger charge is -2.24. The summed E-state index contributed by atoms with van der Waals surface area (Å²) in [4.78, 5) is 4.36. The maximum Gasteiger partial charge on any atom is 0.258 e. The van der Waals surface area contributed by atoms with Crippen molar-refractivity contribution < 1.29 is 13.7 Å². The van der Waals surface area contributed by atoms with Crippen LogP contribution in [-0.4, -0.2) is 25.1 Å². The quantitative estimate of drug-likeness (QED) is 0.498. The molecule has 9 heteroatoms. The number of hydrogen-bond donors (Lipinski definition) is 0. The zero-order valence-corrected chi connectivity index (χ0v) is 16.1. The molecule has 4 aromatic rings. The van der Waals surface area contributed by atoms with Crippen molar-refractivity contribution in [1.82, 2.24) is 25.1 Å². The van der Waals surface area contributed by atoms with Gasteiger partial charge < -0.3 is 9.26 Å². The van der Waals surface area contributed by atoms with Gasteiger partial charge >= 0.3 is 0 Å². The van der Waals surface area contributed by atoms with E-state index in [9.17, 15) is 4.39 Å². The predicted molar refractivity (Wildman–Crippen MR) is 102 cm³/mol. The lowest BCUT2D eigenvalue weighted by atomic mass is 10.1. The Bertz CT molecular complexity index is 1190. The van der Waals surface area contributed by atoms with Crippen LogP contribution in [0.25, 0.3) is 23.0 Å². The molecule has 0 unspecified atom stereocenters. The molecule has 0 radical (unpaired) electrons. The molecule has 0 amide bonds. The lowest BCUT2D eigenvalue weighted by Crippen LogP contribution is -2.22. The first-order valence-corrected chi connectivity index (χ1v) is 9.36. The third kappa shape index (κ3) is 3.30. The van der Waals surface area contributed by atoms with E-state index in [1.54, 1.807) is 23.7 Å². The molecule has 1 atom stereocenters. The molecule has 0 spiro atoms. The van der Waals surface area contributed by atoms with Gasteiger partial charge in [-0.3, -0.25) is 0 Å². The van der Waals surface area contributed by atoms with Crippen LogP contribution in [0.1, 0.15) is 22.9 Å². The highest BCUT2D eigenvalue weighted by Crippen LogP contribution is 2.31. The third-order valence-electron chi connectivity index (χ3n) is 4.90. The second-order valence-electron chi connectivity index (χ2n) is 6.81. The highest BCUT2D eigenvalue weighted by atomic mass is 35.5. The van der Waals surface area contributed by atoms with Crippen LogP contribution in [0.15, 0.2) is 47.0 Å². The standard InChI is InChI=1S/C20H15ClFN5O2/c1-11-2-3-13(8-15(11)22)20-23-19(25-29-20)18-16-10-28-17(9-27(16)26-24-18)12-4-6-14(21)7-5-12/h2-8,17H,9-10H2,1H3/t17-/m1/s1. The van der Waals surface area contributed by atoms with Crippen molar-refractivity contribution in [2.24, 2.45) is 0 Å². The minimum Gasteiger partial charge on any atom is -0.365 e. The van der Waals surface area contributed by atoms with E-state index >= 15 is 0 Å². The van der Waals surface area contributed by atoms with Crippen molar-refractivity contribution in [3.05, 3.63) is 70.1 Å². The Morgan fingerprint density at radius 3 is 2.79 bits per heavy atom. The van der Waals surface area contributed by atoms with Gasteiger partial charge in [0.1, 0.15) is 11.9 Å². The van der Waals surface area contributed by atoms with Gasteiger partial charge in [-0.2, -0.15) is 4.98 Å². The number of halogens is 2. The molecular formula is C20H15ClFN5O2.